The number of hydrogen-bond acceptors (Lipinski definition) is 7. The quantitative estimate of drug-likeness (QED) is 0.647. The van der Waals surface area contributed by atoms with Crippen LogP contribution in [0.2, 0.25) is 0 Å². The maximum absolute atomic E-state index is 13.2. The van der Waals surface area contributed by atoms with Gasteiger partial charge in [0.2, 0.25) is 10.0 Å². The highest BCUT2D eigenvalue weighted by molar-refractivity contribution is 7.89. The zero-order chi connectivity index (χ0) is 19.5. The summed E-state index contributed by atoms with van der Waals surface area (Å²) in [5.74, 6) is 1.49. The predicted molar refractivity (Wildman–Crippen MR) is 102 cm³/mol. The number of anilines is 1. The minimum atomic E-state index is -3.53. The Kier molecular flexibility index (Phi) is 3.81. The Balaban J connectivity index is 1.39. The molecule has 0 saturated carbocycles. The number of nitrogens with zero attached hydrogens (tertiary/aromatic N) is 6. The van der Waals surface area contributed by atoms with E-state index in [0.29, 0.717) is 29.4 Å². The molecule has 3 aliphatic rings. The lowest BCUT2D eigenvalue weighted by atomic mass is 9.91. The zero-order valence-electron chi connectivity index (χ0n) is 15.6. The summed E-state index contributed by atoms with van der Waals surface area (Å²) in [6, 6.07) is 8.68. The molecule has 3 aromatic rings. The average molecular weight is 400 g/mol. The number of piperazine rings is 1. The second kappa shape index (κ2) is 6.14. The lowest BCUT2D eigenvalue weighted by molar-refractivity contribution is 0.0873. The van der Waals surface area contributed by atoms with Crippen LogP contribution in [-0.2, 0) is 10.0 Å². The van der Waals surface area contributed by atoms with Gasteiger partial charge in [0.25, 0.3) is 0 Å². The van der Waals surface area contributed by atoms with E-state index >= 15 is 0 Å². The van der Waals surface area contributed by atoms with Crippen molar-refractivity contribution in [3.8, 4) is 5.75 Å². The fraction of sp³-hybridized carbons (Fsp3) is 0.389. The summed E-state index contributed by atoms with van der Waals surface area (Å²) in [6.45, 7) is 3.08. The number of hydrogen-bond donors (Lipinski definition) is 0. The standard InChI is InChI=1S/C18H20N6O3S/c1-12-7-15(3-4-16(12)27-2)28(25,26)24-13-8-14(24)10-22(9-13)18-6-5-17-20-19-11-23(17)21-18/h3-7,11,13-14H,8-10H2,1-2H3. The van der Waals surface area contributed by atoms with Crippen LogP contribution in [0.5, 0.6) is 5.75 Å². The fourth-order valence-corrected chi connectivity index (χ4v) is 6.07. The molecule has 2 unspecified atom stereocenters. The van der Waals surface area contributed by atoms with Gasteiger partial charge in [-0.05, 0) is 49.2 Å². The number of fused-ring (bicyclic) bond motifs is 3. The molecule has 3 aliphatic heterocycles. The molecule has 1 aromatic carbocycles. The molecule has 146 valence electrons. The van der Waals surface area contributed by atoms with Gasteiger partial charge in [0.15, 0.2) is 5.65 Å². The number of aromatic nitrogens is 4. The number of benzene rings is 1. The Labute approximate surface area is 162 Å². The van der Waals surface area contributed by atoms with Crippen LogP contribution >= 0.6 is 0 Å². The topological polar surface area (TPSA) is 92.9 Å². The average Bonchev–Trinajstić information content (AvgIpc) is 3.15. The maximum atomic E-state index is 13.2. The van der Waals surface area contributed by atoms with E-state index in [9.17, 15) is 8.42 Å². The van der Waals surface area contributed by atoms with Crippen molar-refractivity contribution in [1.82, 2.24) is 24.1 Å². The Morgan fingerprint density at radius 1 is 1.14 bits per heavy atom. The molecular weight excluding hydrogens is 380 g/mol. The minimum Gasteiger partial charge on any atom is -0.496 e. The van der Waals surface area contributed by atoms with Crippen molar-refractivity contribution in [3.05, 3.63) is 42.2 Å². The molecule has 3 fully saturated rings. The number of methoxy groups -OCH3 is 1. The van der Waals surface area contributed by atoms with Crippen molar-refractivity contribution in [3.63, 3.8) is 0 Å². The number of sulfonamides is 1. The van der Waals surface area contributed by atoms with E-state index in [2.05, 4.69) is 20.2 Å². The van der Waals surface area contributed by atoms with Gasteiger partial charge in [-0.1, -0.05) is 0 Å². The fourth-order valence-electron chi connectivity index (χ4n) is 4.18. The van der Waals surface area contributed by atoms with E-state index in [-0.39, 0.29) is 12.1 Å². The van der Waals surface area contributed by atoms with Crippen molar-refractivity contribution in [2.24, 2.45) is 0 Å². The van der Waals surface area contributed by atoms with E-state index < -0.39 is 10.0 Å². The summed E-state index contributed by atoms with van der Waals surface area (Å²) >= 11 is 0. The van der Waals surface area contributed by atoms with E-state index in [1.165, 1.54) is 0 Å². The molecule has 0 spiro atoms. The second-order valence-electron chi connectivity index (χ2n) is 7.24. The number of ether oxygens (including phenoxy) is 1. The largest absolute Gasteiger partial charge is 0.496 e. The minimum absolute atomic E-state index is 0.0513. The van der Waals surface area contributed by atoms with E-state index in [1.807, 2.05) is 19.1 Å². The third kappa shape index (κ3) is 2.55. The maximum Gasteiger partial charge on any atom is 0.243 e. The number of rotatable bonds is 4. The van der Waals surface area contributed by atoms with Crippen LogP contribution in [-0.4, -0.2) is 64.8 Å². The molecule has 2 aromatic heterocycles. The molecule has 2 bridgehead atoms. The first-order valence-electron chi connectivity index (χ1n) is 9.07. The molecule has 0 aliphatic carbocycles. The van der Waals surface area contributed by atoms with Gasteiger partial charge in [-0.15, -0.1) is 15.3 Å². The summed E-state index contributed by atoms with van der Waals surface area (Å²) in [6.07, 6.45) is 2.44. The Hall–Kier alpha value is -2.72. The molecule has 28 heavy (non-hydrogen) atoms. The van der Waals surface area contributed by atoms with Gasteiger partial charge in [-0.25, -0.2) is 8.42 Å². The first kappa shape index (κ1) is 17.4. The van der Waals surface area contributed by atoms with Crippen LogP contribution < -0.4 is 9.64 Å². The van der Waals surface area contributed by atoms with Gasteiger partial charge >= 0.3 is 0 Å². The predicted octanol–water partition coefficient (Wildman–Crippen LogP) is 1.09. The summed E-state index contributed by atoms with van der Waals surface area (Å²) in [5, 5.41) is 12.3. The number of piperidine rings is 1. The van der Waals surface area contributed by atoms with Crippen molar-refractivity contribution >= 4 is 21.5 Å². The van der Waals surface area contributed by atoms with Crippen molar-refractivity contribution in [2.45, 2.75) is 30.3 Å². The Bertz CT molecular complexity index is 1150. The third-order valence-electron chi connectivity index (χ3n) is 5.54. The van der Waals surface area contributed by atoms with Gasteiger partial charge in [0, 0.05) is 25.2 Å². The molecule has 0 N–H and O–H groups in total. The highest BCUT2D eigenvalue weighted by atomic mass is 32.2. The smallest absolute Gasteiger partial charge is 0.243 e. The van der Waals surface area contributed by atoms with Crippen LogP contribution in [0.15, 0.2) is 41.6 Å². The summed E-state index contributed by atoms with van der Waals surface area (Å²) in [7, 11) is -1.96. The lowest BCUT2D eigenvalue weighted by Crippen LogP contribution is -2.70. The van der Waals surface area contributed by atoms with Crippen LogP contribution in [0.3, 0.4) is 0 Å². The van der Waals surface area contributed by atoms with Gasteiger partial charge in [0.05, 0.1) is 12.0 Å². The molecule has 3 saturated heterocycles. The highest BCUT2D eigenvalue weighted by Crippen LogP contribution is 2.39. The third-order valence-corrected chi connectivity index (χ3v) is 7.54. The molecule has 6 rings (SSSR count). The molecule has 10 heteroatoms. The summed E-state index contributed by atoms with van der Waals surface area (Å²) < 4.78 is 34.9. The van der Waals surface area contributed by atoms with Gasteiger partial charge in [-0.3, -0.25) is 0 Å². The van der Waals surface area contributed by atoms with Crippen LogP contribution in [0.1, 0.15) is 12.0 Å². The lowest BCUT2D eigenvalue weighted by Gasteiger charge is -2.55. The monoisotopic (exact) mass is 400 g/mol. The molecule has 2 atom stereocenters. The first-order chi connectivity index (χ1) is 13.5. The van der Waals surface area contributed by atoms with Gasteiger partial charge in [-0.2, -0.15) is 8.82 Å². The molecule has 5 heterocycles. The van der Waals surface area contributed by atoms with E-state index in [1.54, 1.807) is 40.5 Å². The molecule has 0 amide bonds. The van der Waals surface area contributed by atoms with E-state index in [0.717, 1.165) is 17.8 Å². The van der Waals surface area contributed by atoms with Gasteiger partial charge in [0.1, 0.15) is 17.9 Å². The van der Waals surface area contributed by atoms with Crippen molar-refractivity contribution in [2.75, 3.05) is 25.1 Å². The Morgan fingerprint density at radius 2 is 1.93 bits per heavy atom. The number of aryl methyl sites for hydroxylation is 1. The first-order valence-corrected chi connectivity index (χ1v) is 10.5. The SMILES string of the molecule is COc1ccc(S(=O)(=O)N2C3CC2CN(c2ccc4nncn4n2)C3)cc1C. The van der Waals surface area contributed by atoms with Gasteiger partial charge < -0.3 is 9.64 Å². The van der Waals surface area contributed by atoms with Crippen LogP contribution in [0.25, 0.3) is 5.65 Å². The van der Waals surface area contributed by atoms with Crippen LogP contribution in [0.4, 0.5) is 5.82 Å². The second-order valence-corrected chi connectivity index (χ2v) is 9.08. The molecule has 0 radical (unpaired) electrons. The summed E-state index contributed by atoms with van der Waals surface area (Å²) in [4.78, 5) is 2.45. The molecular formula is C18H20N6O3S. The Morgan fingerprint density at radius 3 is 2.64 bits per heavy atom. The van der Waals surface area contributed by atoms with Crippen molar-refractivity contribution < 1.29 is 13.2 Å². The van der Waals surface area contributed by atoms with Crippen molar-refractivity contribution in [1.29, 1.82) is 0 Å². The highest BCUT2D eigenvalue weighted by Gasteiger charge is 2.51. The molecule has 9 nitrogen and oxygen atoms in total. The van der Waals surface area contributed by atoms with Crippen LogP contribution in [0, 0.1) is 6.92 Å². The van der Waals surface area contributed by atoms with E-state index in [4.69, 9.17) is 4.74 Å². The summed E-state index contributed by atoms with van der Waals surface area (Å²) in [5.41, 5.74) is 1.49. The zero-order valence-corrected chi connectivity index (χ0v) is 16.4. The normalized spacial score (nSPS) is 22.3.